The Kier molecular flexibility index (Phi) is 7.95. The minimum absolute atomic E-state index is 0.125. The molecule has 0 heterocycles. The van der Waals surface area contributed by atoms with Gasteiger partial charge in [-0.15, -0.1) is 0 Å². The van der Waals surface area contributed by atoms with Crippen molar-refractivity contribution < 1.29 is 19.1 Å². The second-order valence-electron chi connectivity index (χ2n) is 8.53. The highest BCUT2D eigenvalue weighted by Gasteiger charge is 2.17. The molecular weight excluding hydrogens is 428 g/mol. The first-order valence-corrected chi connectivity index (χ1v) is 11.1. The van der Waals surface area contributed by atoms with Gasteiger partial charge >= 0.3 is 0 Å². The van der Waals surface area contributed by atoms with Crippen molar-refractivity contribution in [1.29, 1.82) is 0 Å². The van der Waals surface area contributed by atoms with Crippen LogP contribution in [0.2, 0.25) is 0 Å². The van der Waals surface area contributed by atoms with E-state index in [1.807, 2.05) is 50.2 Å². The molecule has 0 atom stereocenters. The van der Waals surface area contributed by atoms with Crippen LogP contribution in [-0.4, -0.2) is 49.9 Å². The highest BCUT2D eigenvalue weighted by atomic mass is 16.5. The second-order valence-corrected chi connectivity index (χ2v) is 8.53. The number of nitrogens with zero attached hydrogens (tertiary/aromatic N) is 2. The topological polar surface area (TPSA) is 59.1 Å². The van der Waals surface area contributed by atoms with Crippen LogP contribution in [0.4, 0.5) is 0 Å². The van der Waals surface area contributed by atoms with E-state index < -0.39 is 0 Å². The van der Waals surface area contributed by atoms with Crippen molar-refractivity contribution in [3.05, 3.63) is 94.0 Å². The van der Waals surface area contributed by atoms with Crippen LogP contribution in [0.1, 0.15) is 43.0 Å². The van der Waals surface area contributed by atoms with E-state index in [-0.39, 0.29) is 11.8 Å². The van der Waals surface area contributed by atoms with Crippen molar-refractivity contribution in [3.63, 3.8) is 0 Å². The zero-order valence-corrected chi connectivity index (χ0v) is 20.7. The molecule has 3 aromatic rings. The fourth-order valence-electron chi connectivity index (χ4n) is 3.91. The summed E-state index contributed by atoms with van der Waals surface area (Å²) in [5.74, 6) is 1.25. The van der Waals surface area contributed by atoms with Crippen molar-refractivity contribution in [3.8, 4) is 11.5 Å². The molecule has 0 saturated carbocycles. The van der Waals surface area contributed by atoms with Gasteiger partial charge in [0.1, 0.15) is 11.5 Å². The average molecular weight is 461 g/mol. The fourth-order valence-corrected chi connectivity index (χ4v) is 3.91. The van der Waals surface area contributed by atoms with E-state index in [2.05, 4.69) is 0 Å². The normalized spacial score (nSPS) is 10.5. The average Bonchev–Trinajstić information content (AvgIpc) is 2.83. The molecule has 178 valence electrons. The zero-order valence-electron chi connectivity index (χ0n) is 20.7. The summed E-state index contributed by atoms with van der Waals surface area (Å²) in [7, 11) is 6.76. The van der Waals surface area contributed by atoms with E-state index in [0.29, 0.717) is 24.2 Å². The lowest BCUT2D eigenvalue weighted by Crippen LogP contribution is -2.28. The molecule has 0 fully saturated rings. The highest BCUT2D eigenvalue weighted by molar-refractivity contribution is 5.97. The lowest BCUT2D eigenvalue weighted by atomic mass is 10.1. The van der Waals surface area contributed by atoms with Crippen LogP contribution in [0.5, 0.6) is 11.5 Å². The third-order valence-electron chi connectivity index (χ3n) is 5.76. The number of benzene rings is 3. The van der Waals surface area contributed by atoms with Gasteiger partial charge in [-0.05, 0) is 50.2 Å². The lowest BCUT2D eigenvalue weighted by molar-refractivity contribution is 0.0772. The number of methoxy groups -OCH3 is 2. The Morgan fingerprint density at radius 2 is 1.00 bits per heavy atom. The van der Waals surface area contributed by atoms with Crippen LogP contribution in [-0.2, 0) is 13.1 Å². The molecule has 6 nitrogen and oxygen atoms in total. The Bertz CT molecular complexity index is 1080. The molecular formula is C28H32N2O4. The lowest BCUT2D eigenvalue weighted by Gasteiger charge is -2.21. The Morgan fingerprint density at radius 1 is 0.647 bits per heavy atom. The maximum Gasteiger partial charge on any atom is 0.253 e. The molecule has 0 saturated heterocycles. The van der Waals surface area contributed by atoms with Crippen LogP contribution in [0.15, 0.2) is 60.7 Å². The van der Waals surface area contributed by atoms with E-state index in [0.717, 1.165) is 33.8 Å². The van der Waals surface area contributed by atoms with Gasteiger partial charge in [0.2, 0.25) is 0 Å². The molecule has 0 bridgehead atoms. The largest absolute Gasteiger partial charge is 0.496 e. The molecule has 34 heavy (non-hydrogen) atoms. The van der Waals surface area contributed by atoms with Crippen molar-refractivity contribution in [2.24, 2.45) is 0 Å². The molecule has 0 unspecified atom stereocenters. The fraction of sp³-hybridized carbons (Fsp3) is 0.286. The van der Waals surface area contributed by atoms with Gasteiger partial charge in [0.05, 0.1) is 14.2 Å². The van der Waals surface area contributed by atoms with Gasteiger partial charge in [-0.2, -0.15) is 0 Å². The Hall–Kier alpha value is -3.80. The molecule has 0 radical (unpaired) electrons. The van der Waals surface area contributed by atoms with Gasteiger partial charge in [-0.3, -0.25) is 9.59 Å². The minimum Gasteiger partial charge on any atom is -0.496 e. The minimum atomic E-state index is -0.125. The van der Waals surface area contributed by atoms with Crippen LogP contribution in [0.3, 0.4) is 0 Å². The number of aryl methyl sites for hydroxylation is 2. The van der Waals surface area contributed by atoms with Crippen LogP contribution >= 0.6 is 0 Å². The molecule has 0 aromatic heterocycles. The first kappa shape index (κ1) is 24.8. The zero-order chi connectivity index (χ0) is 24.8. The smallest absolute Gasteiger partial charge is 0.253 e. The van der Waals surface area contributed by atoms with E-state index in [4.69, 9.17) is 9.47 Å². The van der Waals surface area contributed by atoms with E-state index >= 15 is 0 Å². The van der Waals surface area contributed by atoms with Gasteiger partial charge in [0.15, 0.2) is 0 Å². The molecule has 3 aromatic carbocycles. The van der Waals surface area contributed by atoms with E-state index in [9.17, 15) is 9.59 Å². The van der Waals surface area contributed by atoms with Gasteiger partial charge in [0, 0.05) is 49.4 Å². The van der Waals surface area contributed by atoms with Gasteiger partial charge in [-0.1, -0.05) is 35.4 Å². The number of amides is 2. The Labute approximate surface area is 201 Å². The predicted molar refractivity (Wildman–Crippen MR) is 133 cm³/mol. The van der Waals surface area contributed by atoms with Gasteiger partial charge in [-0.25, -0.2) is 0 Å². The molecule has 0 spiro atoms. The van der Waals surface area contributed by atoms with Crippen molar-refractivity contribution in [2.75, 3.05) is 28.3 Å². The monoisotopic (exact) mass is 460 g/mol. The van der Waals surface area contributed by atoms with Crippen molar-refractivity contribution >= 4 is 11.8 Å². The number of carbonyl (C=O) groups excluding carboxylic acids is 2. The van der Waals surface area contributed by atoms with Gasteiger partial charge < -0.3 is 19.3 Å². The molecule has 6 heteroatoms. The highest BCUT2D eigenvalue weighted by Crippen LogP contribution is 2.23. The van der Waals surface area contributed by atoms with Crippen molar-refractivity contribution in [1.82, 2.24) is 9.80 Å². The third kappa shape index (κ3) is 5.76. The molecule has 0 aliphatic carbocycles. The second kappa shape index (κ2) is 10.9. The van der Waals surface area contributed by atoms with E-state index in [1.54, 1.807) is 62.4 Å². The summed E-state index contributed by atoms with van der Waals surface area (Å²) in [5, 5.41) is 0. The summed E-state index contributed by atoms with van der Waals surface area (Å²) >= 11 is 0. The molecule has 0 N–H and O–H groups in total. The van der Waals surface area contributed by atoms with E-state index in [1.165, 1.54) is 0 Å². The SMILES string of the molecule is COc1ccc(C)cc1CN(C)C(=O)c1ccc(C(=O)N(C)Cc2cc(C)ccc2OC)cc1. The molecule has 0 aliphatic rings. The first-order chi connectivity index (χ1) is 16.2. The summed E-state index contributed by atoms with van der Waals surface area (Å²) in [4.78, 5) is 29.2. The number of hydrogen-bond donors (Lipinski definition) is 0. The number of carbonyl (C=O) groups is 2. The number of rotatable bonds is 8. The standard InChI is InChI=1S/C28H32N2O4/c1-19-7-13-25(33-5)23(15-19)17-29(3)27(31)21-9-11-22(12-10-21)28(32)30(4)18-24-16-20(2)8-14-26(24)34-6/h7-16H,17-18H2,1-6H3. The Morgan fingerprint density at radius 3 is 1.32 bits per heavy atom. The number of ether oxygens (including phenoxy) is 2. The Balaban J connectivity index is 1.69. The summed E-state index contributed by atoms with van der Waals surface area (Å²) in [6.07, 6.45) is 0. The summed E-state index contributed by atoms with van der Waals surface area (Å²) in [6.45, 7) is 4.86. The predicted octanol–water partition coefficient (Wildman–Crippen LogP) is 4.87. The summed E-state index contributed by atoms with van der Waals surface area (Å²) < 4.78 is 10.9. The molecule has 2 amide bonds. The first-order valence-electron chi connectivity index (χ1n) is 11.1. The molecule has 3 rings (SSSR count). The quantitative estimate of drug-likeness (QED) is 0.482. The maximum atomic E-state index is 13.0. The third-order valence-corrected chi connectivity index (χ3v) is 5.76. The molecule has 0 aliphatic heterocycles. The summed E-state index contributed by atoms with van der Waals surface area (Å²) in [6, 6.07) is 18.6. The summed E-state index contributed by atoms with van der Waals surface area (Å²) in [5.41, 5.74) is 5.14. The van der Waals surface area contributed by atoms with Crippen LogP contribution in [0, 0.1) is 13.8 Å². The number of hydrogen-bond acceptors (Lipinski definition) is 4. The van der Waals surface area contributed by atoms with Crippen molar-refractivity contribution in [2.45, 2.75) is 26.9 Å². The van der Waals surface area contributed by atoms with Gasteiger partial charge in [0.25, 0.3) is 11.8 Å². The van der Waals surface area contributed by atoms with Crippen LogP contribution in [0.25, 0.3) is 0 Å². The maximum absolute atomic E-state index is 13.0. The van der Waals surface area contributed by atoms with Crippen LogP contribution < -0.4 is 9.47 Å².